The van der Waals surface area contributed by atoms with Gasteiger partial charge >= 0.3 is 11.9 Å². The number of ether oxygens (including phenoxy) is 6. The van der Waals surface area contributed by atoms with Crippen LogP contribution in [0.4, 0.5) is 0 Å². The molecule has 0 bridgehead atoms. The molecule has 10 nitrogen and oxygen atoms in total. The molecule has 31 heavy (non-hydrogen) atoms. The lowest BCUT2D eigenvalue weighted by Gasteiger charge is -2.18. The van der Waals surface area contributed by atoms with E-state index in [1.54, 1.807) is 0 Å². The molecule has 0 atom stereocenters. The maximum absolute atomic E-state index is 13.5. The summed E-state index contributed by atoms with van der Waals surface area (Å²) in [6.07, 6.45) is 0. The summed E-state index contributed by atoms with van der Waals surface area (Å²) in [5.41, 5.74) is -0.596. The van der Waals surface area contributed by atoms with Crippen molar-refractivity contribution in [2.24, 2.45) is 0 Å². The van der Waals surface area contributed by atoms with E-state index in [2.05, 4.69) is 0 Å². The molecule has 0 radical (unpaired) electrons. The van der Waals surface area contributed by atoms with Crippen molar-refractivity contribution in [1.29, 1.82) is 0 Å². The molecule has 0 saturated heterocycles. The first-order chi connectivity index (χ1) is 14.8. The molecule has 0 amide bonds. The van der Waals surface area contributed by atoms with Gasteiger partial charge in [0.15, 0.2) is 11.3 Å². The van der Waals surface area contributed by atoms with Gasteiger partial charge in [-0.1, -0.05) is 0 Å². The summed E-state index contributed by atoms with van der Waals surface area (Å²) in [5.74, 6) is -1.33. The number of rotatable bonds is 6. The van der Waals surface area contributed by atoms with Crippen molar-refractivity contribution in [3.05, 3.63) is 22.4 Å². The van der Waals surface area contributed by atoms with E-state index in [4.69, 9.17) is 32.8 Å². The van der Waals surface area contributed by atoms with Crippen LogP contribution in [-0.4, -0.2) is 40.4 Å². The normalized spacial score (nSPS) is 10.6. The second-order valence-corrected chi connectivity index (χ2v) is 6.25. The number of benzene rings is 2. The second kappa shape index (κ2) is 8.42. The number of carbonyl (C=O) groups excluding carboxylic acids is 2. The molecule has 3 rings (SSSR count). The van der Waals surface area contributed by atoms with Crippen molar-refractivity contribution in [3.63, 3.8) is 0 Å². The van der Waals surface area contributed by atoms with Crippen LogP contribution < -0.4 is 33.8 Å². The number of hydrogen-bond acceptors (Lipinski definition) is 10. The number of esters is 2. The fraction of sp³-hybridized carbons (Fsp3) is 0.286. The molecule has 0 unspecified atom stereocenters. The third kappa shape index (κ3) is 3.67. The summed E-state index contributed by atoms with van der Waals surface area (Å²) < 4.78 is 37.8. The average molecular weight is 432 g/mol. The zero-order chi connectivity index (χ0) is 22.9. The SMILES string of the molecule is COc1cc(OC(C)=O)c2c(=O)c3c(OC)c(OC)c(OC(C)=O)c(OC)c3oc2c1. The van der Waals surface area contributed by atoms with Crippen LogP contribution >= 0.6 is 0 Å². The van der Waals surface area contributed by atoms with Gasteiger partial charge in [0.25, 0.3) is 0 Å². The van der Waals surface area contributed by atoms with Gasteiger partial charge in [0.1, 0.15) is 27.9 Å². The molecule has 2 aromatic carbocycles. The maximum atomic E-state index is 13.5. The Hall–Kier alpha value is -3.95. The first-order valence-corrected chi connectivity index (χ1v) is 8.94. The quantitative estimate of drug-likeness (QED) is 0.327. The van der Waals surface area contributed by atoms with Crippen LogP contribution in [0.5, 0.6) is 34.5 Å². The van der Waals surface area contributed by atoms with Crippen LogP contribution in [0.2, 0.25) is 0 Å². The molecule has 164 valence electrons. The van der Waals surface area contributed by atoms with E-state index in [1.165, 1.54) is 54.4 Å². The molecule has 0 N–H and O–H groups in total. The molecule has 1 heterocycles. The highest BCUT2D eigenvalue weighted by atomic mass is 16.6. The van der Waals surface area contributed by atoms with E-state index in [9.17, 15) is 14.4 Å². The van der Waals surface area contributed by atoms with Crippen LogP contribution in [0, 0.1) is 0 Å². The first-order valence-electron chi connectivity index (χ1n) is 8.94. The minimum absolute atomic E-state index is 0.0221. The van der Waals surface area contributed by atoms with E-state index in [0.29, 0.717) is 0 Å². The van der Waals surface area contributed by atoms with Gasteiger partial charge in [0.05, 0.1) is 28.4 Å². The summed E-state index contributed by atoms with van der Waals surface area (Å²) in [6.45, 7) is 2.40. The van der Waals surface area contributed by atoms with Crippen molar-refractivity contribution < 1.29 is 42.4 Å². The Bertz CT molecular complexity index is 1260. The maximum Gasteiger partial charge on any atom is 0.308 e. The van der Waals surface area contributed by atoms with E-state index < -0.39 is 17.4 Å². The summed E-state index contributed by atoms with van der Waals surface area (Å²) >= 11 is 0. The third-order valence-electron chi connectivity index (χ3n) is 4.33. The fourth-order valence-electron chi connectivity index (χ4n) is 3.20. The van der Waals surface area contributed by atoms with Gasteiger partial charge in [-0.3, -0.25) is 14.4 Å². The minimum Gasteiger partial charge on any atom is -0.496 e. The highest BCUT2D eigenvalue weighted by Crippen LogP contribution is 2.51. The van der Waals surface area contributed by atoms with Crippen LogP contribution in [0.1, 0.15) is 13.8 Å². The van der Waals surface area contributed by atoms with Gasteiger partial charge in [-0.05, 0) is 0 Å². The Morgan fingerprint density at radius 3 is 1.87 bits per heavy atom. The molecule has 0 aliphatic heterocycles. The second-order valence-electron chi connectivity index (χ2n) is 6.25. The van der Waals surface area contributed by atoms with Gasteiger partial charge in [0.2, 0.25) is 22.7 Å². The molecule has 0 fully saturated rings. The fourth-order valence-corrected chi connectivity index (χ4v) is 3.20. The Labute approximate surface area is 176 Å². The summed E-state index contributed by atoms with van der Waals surface area (Å²) in [4.78, 5) is 36.8. The Morgan fingerprint density at radius 2 is 1.35 bits per heavy atom. The molecule has 3 aromatic rings. The lowest BCUT2D eigenvalue weighted by molar-refractivity contribution is -0.132. The number of hydrogen-bond donors (Lipinski definition) is 0. The summed E-state index contributed by atoms with van der Waals surface area (Å²) in [7, 11) is 5.35. The van der Waals surface area contributed by atoms with Crippen LogP contribution in [0.15, 0.2) is 21.3 Å². The molecule has 0 spiro atoms. The largest absolute Gasteiger partial charge is 0.496 e. The molecule has 1 aromatic heterocycles. The number of methoxy groups -OCH3 is 4. The van der Waals surface area contributed by atoms with Gasteiger partial charge in [-0.25, -0.2) is 0 Å². The lowest BCUT2D eigenvalue weighted by Crippen LogP contribution is -2.12. The van der Waals surface area contributed by atoms with Crippen molar-refractivity contribution in [3.8, 4) is 34.5 Å². The molecule has 10 heteroatoms. The molecule has 0 aliphatic rings. The Morgan fingerprint density at radius 1 is 0.742 bits per heavy atom. The minimum atomic E-state index is -0.653. The zero-order valence-corrected chi connectivity index (χ0v) is 17.7. The monoisotopic (exact) mass is 432 g/mol. The van der Waals surface area contributed by atoms with Crippen molar-refractivity contribution in [2.45, 2.75) is 13.8 Å². The number of carbonyl (C=O) groups is 2. The van der Waals surface area contributed by atoms with Gasteiger partial charge < -0.3 is 32.8 Å². The zero-order valence-electron chi connectivity index (χ0n) is 17.7. The van der Waals surface area contributed by atoms with E-state index >= 15 is 0 Å². The Balaban J connectivity index is 2.61. The number of fused-ring (bicyclic) bond motifs is 2. The molecule has 0 aliphatic carbocycles. The van der Waals surface area contributed by atoms with Gasteiger partial charge in [-0.15, -0.1) is 0 Å². The smallest absolute Gasteiger partial charge is 0.308 e. The highest BCUT2D eigenvalue weighted by Gasteiger charge is 2.30. The van der Waals surface area contributed by atoms with Crippen LogP contribution in [-0.2, 0) is 9.59 Å². The molecular formula is C21H20O10. The van der Waals surface area contributed by atoms with Gasteiger partial charge in [0, 0.05) is 26.0 Å². The molecular weight excluding hydrogens is 412 g/mol. The predicted octanol–water partition coefficient (Wildman–Crippen LogP) is 2.83. The standard InChI is InChI=1S/C21H20O10/c1-9(22)29-12-7-11(25-3)8-13-14(12)16(24)15-17(26-4)19(27-5)21(30-10(2)23)20(28-6)18(15)31-13/h7-8H,1-6H3. The van der Waals surface area contributed by atoms with Crippen molar-refractivity contribution in [2.75, 3.05) is 28.4 Å². The lowest BCUT2D eigenvalue weighted by atomic mass is 10.1. The van der Waals surface area contributed by atoms with E-state index in [0.717, 1.165) is 0 Å². The van der Waals surface area contributed by atoms with E-state index in [-0.39, 0.29) is 56.4 Å². The van der Waals surface area contributed by atoms with Crippen molar-refractivity contribution >= 4 is 33.9 Å². The highest BCUT2D eigenvalue weighted by molar-refractivity contribution is 6.02. The summed E-state index contributed by atoms with van der Waals surface area (Å²) in [6, 6.07) is 2.84. The van der Waals surface area contributed by atoms with Gasteiger partial charge in [-0.2, -0.15) is 0 Å². The first kappa shape index (κ1) is 21.8. The van der Waals surface area contributed by atoms with Crippen molar-refractivity contribution in [1.82, 2.24) is 0 Å². The van der Waals surface area contributed by atoms with Crippen LogP contribution in [0.25, 0.3) is 21.9 Å². The average Bonchev–Trinajstić information content (AvgIpc) is 2.71. The van der Waals surface area contributed by atoms with E-state index in [1.807, 2.05) is 0 Å². The predicted molar refractivity (Wildman–Crippen MR) is 109 cm³/mol. The summed E-state index contributed by atoms with van der Waals surface area (Å²) in [5, 5.41) is -0.0793. The van der Waals surface area contributed by atoms with Crippen LogP contribution in [0.3, 0.4) is 0 Å². The topological polar surface area (TPSA) is 120 Å². The Kier molecular flexibility index (Phi) is 5.91. The molecule has 0 saturated carbocycles. The third-order valence-corrected chi connectivity index (χ3v) is 4.33.